The second kappa shape index (κ2) is 5.92. The fraction of sp³-hybridized carbons (Fsp3) is 0.571. The van der Waals surface area contributed by atoms with Gasteiger partial charge in [0.15, 0.2) is 0 Å². The summed E-state index contributed by atoms with van der Waals surface area (Å²) in [6.45, 7) is 8.23. The van der Waals surface area contributed by atoms with Crippen LogP contribution in [0.4, 0.5) is 0 Å². The predicted molar refractivity (Wildman–Crippen MR) is 78.0 cm³/mol. The van der Waals surface area contributed by atoms with E-state index in [1.54, 1.807) is 14.0 Å². The van der Waals surface area contributed by atoms with Crippen LogP contribution in [0.3, 0.4) is 0 Å². The van der Waals surface area contributed by atoms with E-state index in [0.717, 1.165) is 11.1 Å². The molecule has 0 amide bonds. The molecule has 0 radical (unpaired) electrons. The van der Waals surface area contributed by atoms with E-state index in [0.29, 0.717) is 5.75 Å². The first-order chi connectivity index (χ1) is 8.69. The van der Waals surface area contributed by atoms with E-state index in [1.807, 2.05) is 18.2 Å². The zero-order chi connectivity index (χ0) is 14.7. The third kappa shape index (κ3) is 4.51. The third-order valence-corrected chi connectivity index (χ3v) is 4.35. The number of rotatable bonds is 5. The molecule has 1 aromatic carbocycles. The Morgan fingerprint density at radius 3 is 2.37 bits per heavy atom. The molecule has 0 bridgehead atoms. The average molecular weight is 285 g/mol. The summed E-state index contributed by atoms with van der Waals surface area (Å²) in [6, 6.07) is 5.89. The SMILES string of the molecule is CCS(=O)(=O)NCc1cc(C(C)(C)C)ccc1OC. The van der Waals surface area contributed by atoms with E-state index >= 15 is 0 Å². The van der Waals surface area contributed by atoms with E-state index < -0.39 is 10.0 Å². The number of benzene rings is 1. The number of nitrogens with one attached hydrogen (secondary N) is 1. The van der Waals surface area contributed by atoms with E-state index in [2.05, 4.69) is 25.5 Å². The van der Waals surface area contributed by atoms with E-state index in [4.69, 9.17) is 4.74 Å². The highest BCUT2D eigenvalue weighted by atomic mass is 32.2. The Balaban J connectivity index is 3.04. The summed E-state index contributed by atoms with van der Waals surface area (Å²) >= 11 is 0. The van der Waals surface area contributed by atoms with Crippen LogP contribution in [0.5, 0.6) is 5.75 Å². The Morgan fingerprint density at radius 2 is 1.89 bits per heavy atom. The van der Waals surface area contributed by atoms with Gasteiger partial charge in [-0.3, -0.25) is 0 Å². The molecule has 0 saturated heterocycles. The van der Waals surface area contributed by atoms with Gasteiger partial charge in [-0.1, -0.05) is 32.9 Å². The minimum atomic E-state index is -3.20. The van der Waals surface area contributed by atoms with Crippen LogP contribution in [0.2, 0.25) is 0 Å². The maximum absolute atomic E-state index is 11.5. The largest absolute Gasteiger partial charge is 0.496 e. The molecule has 1 aromatic rings. The van der Waals surface area contributed by atoms with E-state index in [-0.39, 0.29) is 17.7 Å². The van der Waals surface area contributed by atoms with Crippen molar-refractivity contribution in [3.63, 3.8) is 0 Å². The number of hydrogen-bond acceptors (Lipinski definition) is 3. The van der Waals surface area contributed by atoms with Crippen molar-refractivity contribution in [2.45, 2.75) is 39.7 Å². The molecule has 19 heavy (non-hydrogen) atoms. The lowest BCUT2D eigenvalue weighted by Gasteiger charge is -2.21. The zero-order valence-electron chi connectivity index (χ0n) is 12.3. The highest BCUT2D eigenvalue weighted by Gasteiger charge is 2.16. The second-order valence-corrected chi connectivity index (χ2v) is 7.60. The molecule has 0 atom stereocenters. The Kier molecular flexibility index (Phi) is 4.98. The molecule has 0 saturated carbocycles. The van der Waals surface area contributed by atoms with Crippen LogP contribution in [0.1, 0.15) is 38.8 Å². The maximum Gasteiger partial charge on any atom is 0.211 e. The molecular weight excluding hydrogens is 262 g/mol. The van der Waals surface area contributed by atoms with Gasteiger partial charge < -0.3 is 4.74 Å². The standard InChI is InChI=1S/C14H23NO3S/c1-6-19(16,17)15-10-11-9-12(14(2,3)4)7-8-13(11)18-5/h7-9,15H,6,10H2,1-5H3. The molecule has 1 rings (SSSR count). The molecule has 0 spiro atoms. The van der Waals surface area contributed by atoms with Gasteiger partial charge in [0.1, 0.15) is 5.75 Å². The van der Waals surface area contributed by atoms with E-state index in [9.17, 15) is 8.42 Å². The van der Waals surface area contributed by atoms with Crippen molar-refractivity contribution < 1.29 is 13.2 Å². The second-order valence-electron chi connectivity index (χ2n) is 5.50. The number of hydrogen-bond donors (Lipinski definition) is 1. The normalized spacial score (nSPS) is 12.5. The lowest BCUT2D eigenvalue weighted by Crippen LogP contribution is -2.25. The average Bonchev–Trinajstić information content (AvgIpc) is 2.35. The molecule has 0 heterocycles. The molecular formula is C14H23NO3S. The van der Waals surface area contributed by atoms with Crippen molar-refractivity contribution in [2.75, 3.05) is 12.9 Å². The zero-order valence-corrected chi connectivity index (χ0v) is 13.1. The Hall–Kier alpha value is -1.07. The number of ether oxygens (including phenoxy) is 1. The van der Waals surface area contributed by atoms with Crippen LogP contribution in [-0.4, -0.2) is 21.3 Å². The molecule has 108 valence electrons. The summed E-state index contributed by atoms with van der Waals surface area (Å²) < 4.78 is 30.9. The summed E-state index contributed by atoms with van der Waals surface area (Å²) in [4.78, 5) is 0. The number of methoxy groups -OCH3 is 1. The summed E-state index contributed by atoms with van der Waals surface area (Å²) in [6.07, 6.45) is 0. The highest BCUT2D eigenvalue weighted by molar-refractivity contribution is 7.89. The van der Waals surface area contributed by atoms with Crippen molar-refractivity contribution in [3.8, 4) is 5.75 Å². The van der Waals surface area contributed by atoms with Crippen LogP contribution in [0.25, 0.3) is 0 Å². The first-order valence-corrected chi connectivity index (χ1v) is 7.99. The van der Waals surface area contributed by atoms with Crippen molar-refractivity contribution in [1.29, 1.82) is 0 Å². The molecule has 5 heteroatoms. The van der Waals surface area contributed by atoms with Gasteiger partial charge in [0, 0.05) is 12.1 Å². The molecule has 0 aromatic heterocycles. The van der Waals surface area contributed by atoms with E-state index in [1.165, 1.54) is 0 Å². The van der Waals surface area contributed by atoms with Gasteiger partial charge in [-0.2, -0.15) is 0 Å². The quantitative estimate of drug-likeness (QED) is 0.904. The monoisotopic (exact) mass is 285 g/mol. The first kappa shape index (κ1) is 16.0. The first-order valence-electron chi connectivity index (χ1n) is 6.34. The fourth-order valence-electron chi connectivity index (χ4n) is 1.67. The van der Waals surface area contributed by atoms with Crippen LogP contribution >= 0.6 is 0 Å². The van der Waals surface area contributed by atoms with Crippen molar-refractivity contribution >= 4 is 10.0 Å². The summed E-state index contributed by atoms with van der Waals surface area (Å²) in [5.41, 5.74) is 2.02. The van der Waals surface area contributed by atoms with Gasteiger partial charge in [0.2, 0.25) is 10.0 Å². The molecule has 0 aliphatic rings. The lowest BCUT2D eigenvalue weighted by atomic mass is 9.86. The topological polar surface area (TPSA) is 55.4 Å². The van der Waals surface area contributed by atoms with Crippen molar-refractivity contribution in [2.24, 2.45) is 0 Å². The predicted octanol–water partition coefficient (Wildman–Crippen LogP) is 2.43. The van der Waals surface area contributed by atoms with Crippen molar-refractivity contribution in [3.05, 3.63) is 29.3 Å². The lowest BCUT2D eigenvalue weighted by molar-refractivity contribution is 0.408. The van der Waals surface area contributed by atoms with Crippen LogP contribution < -0.4 is 9.46 Å². The fourth-order valence-corrected chi connectivity index (χ4v) is 2.25. The summed E-state index contributed by atoms with van der Waals surface area (Å²) in [7, 11) is -1.61. The molecule has 1 N–H and O–H groups in total. The highest BCUT2D eigenvalue weighted by Crippen LogP contribution is 2.27. The smallest absolute Gasteiger partial charge is 0.211 e. The van der Waals surface area contributed by atoms with Crippen LogP contribution in [0.15, 0.2) is 18.2 Å². The van der Waals surface area contributed by atoms with Crippen molar-refractivity contribution in [1.82, 2.24) is 4.72 Å². The van der Waals surface area contributed by atoms with Crippen LogP contribution in [-0.2, 0) is 22.0 Å². The van der Waals surface area contributed by atoms with Gasteiger partial charge in [0.25, 0.3) is 0 Å². The molecule has 0 fully saturated rings. The Bertz CT molecular complexity index is 530. The molecule has 0 unspecified atom stereocenters. The summed E-state index contributed by atoms with van der Waals surface area (Å²) in [5.74, 6) is 0.778. The van der Waals surface area contributed by atoms with Gasteiger partial charge in [-0.25, -0.2) is 13.1 Å². The van der Waals surface area contributed by atoms with Gasteiger partial charge >= 0.3 is 0 Å². The molecule has 0 aliphatic carbocycles. The van der Waals surface area contributed by atoms with Crippen LogP contribution in [0, 0.1) is 0 Å². The Labute approximate surface area is 116 Å². The third-order valence-electron chi connectivity index (χ3n) is 3.01. The minimum Gasteiger partial charge on any atom is -0.496 e. The molecule has 0 aliphatic heterocycles. The number of sulfonamides is 1. The van der Waals surface area contributed by atoms with Gasteiger partial charge in [0.05, 0.1) is 12.9 Å². The minimum absolute atomic E-state index is 0.0185. The molecule has 4 nitrogen and oxygen atoms in total. The van der Waals surface area contributed by atoms with Gasteiger partial charge in [-0.05, 0) is 24.0 Å². The van der Waals surface area contributed by atoms with Gasteiger partial charge in [-0.15, -0.1) is 0 Å². The maximum atomic E-state index is 11.5. The Morgan fingerprint density at radius 1 is 1.26 bits per heavy atom. The summed E-state index contributed by atoms with van der Waals surface area (Å²) in [5, 5.41) is 0.